The average Bonchev–Trinajstić information content (AvgIpc) is 2.75. The Kier molecular flexibility index (Phi) is 3.92. The van der Waals surface area contributed by atoms with Gasteiger partial charge in [0.25, 0.3) is 0 Å². The molecule has 3 aromatic rings. The van der Waals surface area contributed by atoms with Gasteiger partial charge in [-0.05, 0) is 29.8 Å². The minimum Gasteiger partial charge on any atom is -0.322 e. The molecule has 0 saturated heterocycles. The second-order valence-corrected chi connectivity index (χ2v) is 6.25. The largest absolute Gasteiger partial charge is 0.322 e. The van der Waals surface area contributed by atoms with Crippen LogP contribution >= 0.6 is 35.0 Å². The number of halogens is 2. The van der Waals surface area contributed by atoms with E-state index in [4.69, 9.17) is 23.2 Å². The zero-order chi connectivity index (χ0) is 14.1. The van der Waals surface area contributed by atoms with Crippen LogP contribution in [0.4, 0.5) is 0 Å². The molecule has 0 aliphatic heterocycles. The molecule has 0 fully saturated rings. The molecule has 0 atom stereocenters. The van der Waals surface area contributed by atoms with Gasteiger partial charge in [-0.15, -0.1) is 0 Å². The molecule has 2 nitrogen and oxygen atoms in total. The summed E-state index contributed by atoms with van der Waals surface area (Å²) in [7, 11) is 2.03. The van der Waals surface area contributed by atoms with E-state index in [0.29, 0.717) is 10.0 Å². The highest BCUT2D eigenvalue weighted by Crippen LogP contribution is 2.29. The highest BCUT2D eigenvalue weighted by Gasteiger charge is 2.09. The van der Waals surface area contributed by atoms with Gasteiger partial charge < -0.3 is 4.57 Å². The molecule has 0 unspecified atom stereocenters. The Labute approximate surface area is 131 Å². The third kappa shape index (κ3) is 2.66. The summed E-state index contributed by atoms with van der Waals surface area (Å²) in [5.41, 5.74) is 3.21. The van der Waals surface area contributed by atoms with Crippen LogP contribution in [0.15, 0.2) is 47.6 Å². The number of aryl methyl sites for hydroxylation is 1. The zero-order valence-electron chi connectivity index (χ0n) is 10.8. The van der Waals surface area contributed by atoms with Gasteiger partial charge in [-0.1, -0.05) is 53.2 Å². The van der Waals surface area contributed by atoms with Crippen molar-refractivity contribution in [3.05, 3.63) is 58.1 Å². The van der Waals surface area contributed by atoms with Crippen LogP contribution < -0.4 is 0 Å². The first kappa shape index (κ1) is 13.8. The first-order valence-electron chi connectivity index (χ1n) is 6.13. The number of fused-ring (bicyclic) bond motifs is 1. The normalized spacial score (nSPS) is 11.2. The summed E-state index contributed by atoms with van der Waals surface area (Å²) in [6.07, 6.45) is 0. The molecule has 0 aliphatic rings. The minimum absolute atomic E-state index is 0.659. The third-order valence-corrected chi connectivity index (χ3v) is 4.78. The Morgan fingerprint density at radius 3 is 2.70 bits per heavy atom. The van der Waals surface area contributed by atoms with Gasteiger partial charge >= 0.3 is 0 Å². The summed E-state index contributed by atoms with van der Waals surface area (Å²) >= 11 is 13.8. The molecule has 5 heteroatoms. The highest BCUT2D eigenvalue weighted by molar-refractivity contribution is 7.98. The van der Waals surface area contributed by atoms with E-state index in [1.54, 1.807) is 17.8 Å². The number of aromatic nitrogens is 2. The van der Waals surface area contributed by atoms with Crippen LogP contribution in [0.25, 0.3) is 11.0 Å². The predicted molar refractivity (Wildman–Crippen MR) is 86.7 cm³/mol. The van der Waals surface area contributed by atoms with Gasteiger partial charge in [-0.3, -0.25) is 0 Å². The molecule has 20 heavy (non-hydrogen) atoms. The number of benzene rings is 2. The number of imidazole rings is 1. The number of thioether (sulfide) groups is 1. The second kappa shape index (κ2) is 5.68. The van der Waals surface area contributed by atoms with Crippen molar-refractivity contribution in [3.8, 4) is 0 Å². The van der Waals surface area contributed by atoms with Gasteiger partial charge in [-0.2, -0.15) is 0 Å². The van der Waals surface area contributed by atoms with E-state index in [1.165, 1.54) is 0 Å². The third-order valence-electron chi connectivity index (χ3n) is 3.12. The maximum atomic E-state index is 6.19. The van der Waals surface area contributed by atoms with E-state index < -0.39 is 0 Å². The van der Waals surface area contributed by atoms with Crippen LogP contribution in [0.1, 0.15) is 5.56 Å². The van der Waals surface area contributed by atoms with E-state index in [-0.39, 0.29) is 0 Å². The monoisotopic (exact) mass is 322 g/mol. The summed E-state index contributed by atoms with van der Waals surface area (Å²) in [4.78, 5) is 4.63. The fraction of sp³-hybridized carbons (Fsp3) is 0.133. The summed E-state index contributed by atoms with van der Waals surface area (Å²) in [5, 5.41) is 2.34. The Bertz CT molecular complexity index is 768. The Balaban J connectivity index is 1.85. The van der Waals surface area contributed by atoms with Crippen LogP contribution in [0.3, 0.4) is 0 Å². The quantitative estimate of drug-likeness (QED) is 0.619. The molecular formula is C15H12Cl2N2S. The lowest BCUT2D eigenvalue weighted by atomic mass is 10.2. The topological polar surface area (TPSA) is 17.8 Å². The van der Waals surface area contributed by atoms with Crippen LogP contribution in [-0.2, 0) is 12.8 Å². The van der Waals surface area contributed by atoms with Gasteiger partial charge in [0.1, 0.15) is 0 Å². The fourth-order valence-electron chi connectivity index (χ4n) is 2.03. The van der Waals surface area contributed by atoms with E-state index in [2.05, 4.69) is 15.6 Å². The second-order valence-electron chi connectivity index (χ2n) is 4.47. The highest BCUT2D eigenvalue weighted by atomic mass is 35.5. The van der Waals surface area contributed by atoms with Crippen molar-refractivity contribution >= 4 is 46.0 Å². The zero-order valence-corrected chi connectivity index (χ0v) is 13.1. The summed E-state index contributed by atoms with van der Waals surface area (Å²) in [6.45, 7) is 0. The minimum atomic E-state index is 0.659. The lowest BCUT2D eigenvalue weighted by Gasteiger charge is -2.05. The van der Waals surface area contributed by atoms with Crippen molar-refractivity contribution < 1.29 is 0 Å². The molecule has 0 amide bonds. The molecule has 0 saturated carbocycles. The molecule has 3 rings (SSSR count). The van der Waals surface area contributed by atoms with E-state index in [1.807, 2.05) is 37.4 Å². The van der Waals surface area contributed by atoms with Gasteiger partial charge in [0, 0.05) is 22.8 Å². The molecule has 1 heterocycles. The van der Waals surface area contributed by atoms with Crippen molar-refractivity contribution in [1.82, 2.24) is 9.55 Å². The van der Waals surface area contributed by atoms with E-state index in [9.17, 15) is 0 Å². The molecular weight excluding hydrogens is 311 g/mol. The summed E-state index contributed by atoms with van der Waals surface area (Å²) in [5.74, 6) is 0.771. The summed E-state index contributed by atoms with van der Waals surface area (Å²) in [6, 6.07) is 13.7. The van der Waals surface area contributed by atoms with Crippen LogP contribution in [-0.4, -0.2) is 9.55 Å². The smallest absolute Gasteiger partial charge is 0.169 e. The van der Waals surface area contributed by atoms with Crippen LogP contribution in [0.5, 0.6) is 0 Å². The Morgan fingerprint density at radius 2 is 1.95 bits per heavy atom. The molecule has 0 bridgehead atoms. The molecule has 0 N–H and O–H groups in total. The maximum absolute atomic E-state index is 6.19. The Morgan fingerprint density at radius 1 is 1.15 bits per heavy atom. The van der Waals surface area contributed by atoms with Crippen molar-refractivity contribution in [3.63, 3.8) is 0 Å². The van der Waals surface area contributed by atoms with Crippen LogP contribution in [0.2, 0.25) is 10.0 Å². The molecule has 1 aromatic heterocycles. The van der Waals surface area contributed by atoms with Gasteiger partial charge in [0.15, 0.2) is 5.16 Å². The summed E-state index contributed by atoms with van der Waals surface area (Å²) < 4.78 is 2.10. The van der Waals surface area contributed by atoms with Crippen LogP contribution in [0, 0.1) is 0 Å². The van der Waals surface area contributed by atoms with Crippen molar-refractivity contribution in [1.29, 1.82) is 0 Å². The fourth-order valence-corrected chi connectivity index (χ4v) is 3.58. The van der Waals surface area contributed by atoms with Crippen molar-refractivity contribution in [2.45, 2.75) is 10.9 Å². The number of hydrogen-bond acceptors (Lipinski definition) is 2. The lowest BCUT2D eigenvalue weighted by molar-refractivity contribution is 0.815. The number of rotatable bonds is 3. The first-order valence-corrected chi connectivity index (χ1v) is 7.87. The predicted octanol–water partition coefficient (Wildman–Crippen LogP) is 5.17. The molecule has 0 radical (unpaired) electrons. The average molecular weight is 323 g/mol. The standard InChI is InChI=1S/C15H12Cl2N2S/c1-19-14-5-3-2-4-13(14)18-15(19)20-9-10-6-7-11(16)8-12(10)17/h2-8H,9H2,1H3. The molecule has 102 valence electrons. The van der Waals surface area contributed by atoms with Gasteiger partial charge in [-0.25, -0.2) is 4.98 Å². The molecule has 0 aliphatic carbocycles. The molecule has 2 aromatic carbocycles. The van der Waals surface area contributed by atoms with E-state index in [0.717, 1.165) is 27.5 Å². The van der Waals surface area contributed by atoms with Crippen molar-refractivity contribution in [2.24, 2.45) is 7.05 Å². The first-order chi connectivity index (χ1) is 9.65. The maximum Gasteiger partial charge on any atom is 0.169 e. The number of nitrogens with zero attached hydrogens (tertiary/aromatic N) is 2. The van der Waals surface area contributed by atoms with Gasteiger partial charge in [0.05, 0.1) is 11.0 Å². The van der Waals surface area contributed by atoms with Crippen molar-refractivity contribution in [2.75, 3.05) is 0 Å². The Hall–Kier alpha value is -1.16. The SMILES string of the molecule is Cn1c(SCc2ccc(Cl)cc2Cl)nc2ccccc21. The molecule has 0 spiro atoms. The lowest BCUT2D eigenvalue weighted by Crippen LogP contribution is -1.91. The van der Waals surface area contributed by atoms with Gasteiger partial charge in [0.2, 0.25) is 0 Å². The number of hydrogen-bond donors (Lipinski definition) is 0. The number of para-hydroxylation sites is 2. The van der Waals surface area contributed by atoms with E-state index >= 15 is 0 Å².